The molecule has 1 amide bonds. The third kappa shape index (κ3) is 3.98. The van der Waals surface area contributed by atoms with Crippen molar-refractivity contribution in [1.29, 1.82) is 0 Å². The summed E-state index contributed by atoms with van der Waals surface area (Å²) in [5.74, 6) is 0.415. The van der Waals surface area contributed by atoms with E-state index in [0.717, 1.165) is 5.56 Å². The van der Waals surface area contributed by atoms with Crippen molar-refractivity contribution < 1.29 is 14.6 Å². The molecule has 3 aromatic carbocycles. The smallest absolute Gasteiger partial charge is 0.284 e. The first-order chi connectivity index (χ1) is 16.4. The van der Waals surface area contributed by atoms with E-state index in [4.69, 9.17) is 27.9 Å². The molecule has 5 aromatic rings. The molecule has 0 saturated carbocycles. The molecule has 2 aromatic heterocycles. The highest BCUT2D eigenvalue weighted by atomic mass is 35.5. The van der Waals surface area contributed by atoms with Crippen molar-refractivity contribution in [3.05, 3.63) is 70.7 Å². The van der Waals surface area contributed by atoms with Crippen molar-refractivity contribution in [1.82, 2.24) is 14.5 Å². The minimum absolute atomic E-state index is 0.144. The topological polar surface area (TPSA) is 105 Å². The number of ether oxygens (including phenoxy) is 1. The standard InChI is InChI=1S/C24H17Cl2N5O3/c1-34-14-7-8-18-15(9-14)22(24(33)28-18)30-29-21(32)12-31-20-11-17(26)16(25)10-19(20)27-23(31)13-5-3-2-4-6-13/h2-11,28,33H,12H2,1H3. The summed E-state index contributed by atoms with van der Waals surface area (Å²) in [6, 6.07) is 18.0. The molecule has 8 nitrogen and oxygen atoms in total. The monoisotopic (exact) mass is 493 g/mol. The van der Waals surface area contributed by atoms with Gasteiger partial charge in [0.1, 0.15) is 18.1 Å². The fraction of sp³-hybridized carbons (Fsp3) is 0.0833. The number of carbonyl (C=O) groups excluding carboxylic acids is 1. The van der Waals surface area contributed by atoms with Crippen LogP contribution in [0.2, 0.25) is 10.0 Å². The van der Waals surface area contributed by atoms with Gasteiger partial charge in [0.05, 0.1) is 33.7 Å². The highest BCUT2D eigenvalue weighted by molar-refractivity contribution is 6.42. The Bertz CT molecular complexity index is 1570. The Labute approximate surface area is 203 Å². The third-order valence-corrected chi connectivity index (χ3v) is 6.06. The molecular weight excluding hydrogens is 477 g/mol. The Kier molecular flexibility index (Phi) is 5.69. The lowest BCUT2D eigenvalue weighted by atomic mass is 10.2. The van der Waals surface area contributed by atoms with Gasteiger partial charge < -0.3 is 19.4 Å². The molecule has 0 aliphatic rings. The normalized spacial score (nSPS) is 11.6. The first kappa shape index (κ1) is 21.9. The molecule has 0 saturated heterocycles. The first-order valence-corrected chi connectivity index (χ1v) is 10.9. The summed E-state index contributed by atoms with van der Waals surface area (Å²) in [4.78, 5) is 20.3. The Hall–Kier alpha value is -3.88. The molecule has 0 aliphatic carbocycles. The molecule has 34 heavy (non-hydrogen) atoms. The zero-order valence-corrected chi connectivity index (χ0v) is 19.3. The van der Waals surface area contributed by atoms with Crippen LogP contribution in [0.15, 0.2) is 70.9 Å². The molecule has 0 aliphatic heterocycles. The second kappa shape index (κ2) is 8.81. The van der Waals surface area contributed by atoms with E-state index in [-0.39, 0.29) is 18.1 Å². The Balaban J connectivity index is 1.53. The number of nitrogens with one attached hydrogen (secondary N) is 1. The van der Waals surface area contributed by atoms with Gasteiger partial charge in [-0.25, -0.2) is 4.98 Å². The number of aromatic hydroxyl groups is 1. The Morgan fingerprint density at radius 1 is 1.12 bits per heavy atom. The van der Waals surface area contributed by atoms with Gasteiger partial charge in [0.15, 0.2) is 5.69 Å². The van der Waals surface area contributed by atoms with E-state index in [2.05, 4.69) is 20.2 Å². The van der Waals surface area contributed by atoms with Crippen molar-refractivity contribution in [3.8, 4) is 23.0 Å². The summed E-state index contributed by atoms with van der Waals surface area (Å²) in [5.41, 5.74) is 2.84. The van der Waals surface area contributed by atoms with E-state index < -0.39 is 5.91 Å². The molecule has 0 spiro atoms. The molecule has 0 fully saturated rings. The number of fused-ring (bicyclic) bond motifs is 2. The van der Waals surface area contributed by atoms with Crippen molar-refractivity contribution in [2.45, 2.75) is 6.54 Å². The number of hydrogen-bond acceptors (Lipinski definition) is 5. The van der Waals surface area contributed by atoms with E-state index in [1.807, 2.05) is 30.3 Å². The number of hydrogen-bond donors (Lipinski definition) is 2. The van der Waals surface area contributed by atoms with Crippen LogP contribution in [-0.4, -0.2) is 32.7 Å². The highest BCUT2D eigenvalue weighted by Crippen LogP contribution is 2.37. The molecule has 170 valence electrons. The summed E-state index contributed by atoms with van der Waals surface area (Å²) in [5, 5.41) is 19.4. The zero-order valence-electron chi connectivity index (χ0n) is 17.8. The maximum atomic E-state index is 12.9. The largest absolute Gasteiger partial charge is 0.497 e. The molecule has 0 atom stereocenters. The number of imidazole rings is 1. The minimum Gasteiger partial charge on any atom is -0.497 e. The van der Waals surface area contributed by atoms with Crippen LogP contribution < -0.4 is 4.74 Å². The van der Waals surface area contributed by atoms with Gasteiger partial charge in [-0.1, -0.05) is 53.5 Å². The van der Waals surface area contributed by atoms with Crippen molar-refractivity contribution in [3.63, 3.8) is 0 Å². The van der Waals surface area contributed by atoms with E-state index in [0.29, 0.717) is 43.6 Å². The summed E-state index contributed by atoms with van der Waals surface area (Å²) >= 11 is 12.4. The van der Waals surface area contributed by atoms with Crippen LogP contribution >= 0.6 is 23.2 Å². The minimum atomic E-state index is -0.542. The van der Waals surface area contributed by atoms with Gasteiger partial charge in [-0.3, -0.25) is 4.79 Å². The maximum absolute atomic E-state index is 12.9. The van der Waals surface area contributed by atoms with Crippen LogP contribution in [-0.2, 0) is 11.3 Å². The fourth-order valence-corrected chi connectivity index (χ4v) is 4.05. The third-order valence-electron chi connectivity index (χ3n) is 5.34. The fourth-order valence-electron chi connectivity index (χ4n) is 3.73. The molecule has 5 rings (SSSR count). The second-order valence-electron chi connectivity index (χ2n) is 7.47. The maximum Gasteiger partial charge on any atom is 0.284 e. The number of H-pyrrole nitrogens is 1. The van der Waals surface area contributed by atoms with Gasteiger partial charge in [0, 0.05) is 10.9 Å². The van der Waals surface area contributed by atoms with Crippen LogP contribution in [0.5, 0.6) is 11.6 Å². The molecule has 2 N–H and O–H groups in total. The van der Waals surface area contributed by atoms with E-state index in [1.165, 1.54) is 7.11 Å². The average Bonchev–Trinajstić information content (AvgIpc) is 3.34. The molecule has 0 radical (unpaired) electrons. The molecule has 0 bridgehead atoms. The van der Waals surface area contributed by atoms with Crippen LogP contribution in [0.25, 0.3) is 33.3 Å². The molecular formula is C24H17Cl2N5O3. The Morgan fingerprint density at radius 3 is 2.65 bits per heavy atom. The van der Waals surface area contributed by atoms with Crippen LogP contribution in [0, 0.1) is 0 Å². The van der Waals surface area contributed by atoms with Crippen LogP contribution in [0.4, 0.5) is 5.69 Å². The average molecular weight is 494 g/mol. The number of methoxy groups -OCH3 is 1. The highest BCUT2D eigenvalue weighted by Gasteiger charge is 2.18. The number of aromatic amines is 1. The Morgan fingerprint density at radius 2 is 1.88 bits per heavy atom. The van der Waals surface area contributed by atoms with Gasteiger partial charge in [-0.15, -0.1) is 10.2 Å². The van der Waals surface area contributed by atoms with E-state index in [1.54, 1.807) is 34.9 Å². The summed E-state index contributed by atoms with van der Waals surface area (Å²) in [6.07, 6.45) is 0. The van der Waals surface area contributed by atoms with Gasteiger partial charge in [-0.05, 0) is 30.3 Å². The lowest BCUT2D eigenvalue weighted by molar-refractivity contribution is -0.118. The van der Waals surface area contributed by atoms with Gasteiger partial charge >= 0.3 is 0 Å². The number of benzene rings is 3. The van der Waals surface area contributed by atoms with Gasteiger partial charge in [0.25, 0.3) is 5.91 Å². The van der Waals surface area contributed by atoms with E-state index in [9.17, 15) is 9.90 Å². The number of aromatic nitrogens is 3. The summed E-state index contributed by atoms with van der Waals surface area (Å²) in [6.45, 7) is -0.144. The number of nitrogens with zero attached hydrogens (tertiary/aromatic N) is 4. The summed E-state index contributed by atoms with van der Waals surface area (Å²) < 4.78 is 6.95. The van der Waals surface area contributed by atoms with Gasteiger partial charge in [-0.2, -0.15) is 0 Å². The predicted octanol–water partition coefficient (Wildman–Crippen LogP) is 6.52. The van der Waals surface area contributed by atoms with E-state index >= 15 is 0 Å². The number of rotatable bonds is 5. The predicted molar refractivity (Wildman–Crippen MR) is 131 cm³/mol. The quantitative estimate of drug-likeness (QED) is 0.272. The number of halogens is 2. The summed E-state index contributed by atoms with van der Waals surface area (Å²) in [7, 11) is 1.54. The van der Waals surface area contributed by atoms with Crippen LogP contribution in [0.3, 0.4) is 0 Å². The van der Waals surface area contributed by atoms with Crippen molar-refractivity contribution in [2.75, 3.05) is 7.11 Å². The lowest BCUT2D eigenvalue weighted by Crippen LogP contribution is -2.08. The van der Waals surface area contributed by atoms with Crippen molar-refractivity contribution in [2.24, 2.45) is 10.2 Å². The first-order valence-electron chi connectivity index (χ1n) is 10.2. The molecule has 10 heteroatoms. The molecule has 2 heterocycles. The lowest BCUT2D eigenvalue weighted by Gasteiger charge is -2.07. The number of carbonyl (C=O) groups is 1. The van der Waals surface area contributed by atoms with Crippen molar-refractivity contribution >= 4 is 56.7 Å². The second-order valence-corrected chi connectivity index (χ2v) is 8.28. The number of azo groups is 1. The molecule has 0 unspecified atom stereocenters. The van der Waals surface area contributed by atoms with Gasteiger partial charge in [0.2, 0.25) is 5.88 Å². The zero-order chi connectivity index (χ0) is 23.8. The van der Waals surface area contributed by atoms with Crippen LogP contribution in [0.1, 0.15) is 0 Å². The SMILES string of the molecule is COc1ccc2[nH]c(O)c(N=NC(=O)Cn3c(-c4ccccc4)nc4cc(Cl)c(Cl)cc43)c2c1. The number of amides is 1.